The summed E-state index contributed by atoms with van der Waals surface area (Å²) in [6.45, 7) is 0.751. The molecule has 1 unspecified atom stereocenters. The van der Waals surface area contributed by atoms with Crippen LogP contribution in [0.1, 0.15) is 17.2 Å². The van der Waals surface area contributed by atoms with Gasteiger partial charge in [0.2, 0.25) is 0 Å². The predicted molar refractivity (Wildman–Crippen MR) is 130 cm³/mol. The van der Waals surface area contributed by atoms with E-state index >= 15 is 0 Å². The molecule has 2 aromatic rings. The van der Waals surface area contributed by atoms with Crippen molar-refractivity contribution in [3.8, 4) is 17.2 Å². The van der Waals surface area contributed by atoms with Gasteiger partial charge in [-0.1, -0.05) is 41.4 Å². The van der Waals surface area contributed by atoms with Crippen molar-refractivity contribution >= 4 is 40.7 Å². The molecule has 1 fully saturated rings. The molecule has 0 spiro atoms. The molecular formula is C24H26Cl2N2O6. The maximum Gasteiger partial charge on any atom is 0.295 e. The number of halogens is 2. The summed E-state index contributed by atoms with van der Waals surface area (Å²) in [6.07, 6.45) is 0. The van der Waals surface area contributed by atoms with Gasteiger partial charge in [0.25, 0.3) is 11.7 Å². The largest absolute Gasteiger partial charge is 0.507 e. The second-order valence-electron chi connectivity index (χ2n) is 7.82. The molecule has 10 heteroatoms. The van der Waals surface area contributed by atoms with Gasteiger partial charge >= 0.3 is 0 Å². The van der Waals surface area contributed by atoms with Crippen LogP contribution in [0.5, 0.6) is 17.2 Å². The maximum absolute atomic E-state index is 13.3. The number of carbonyl (C=O) groups excluding carboxylic acids is 2. The van der Waals surface area contributed by atoms with E-state index in [0.29, 0.717) is 17.9 Å². The van der Waals surface area contributed by atoms with Crippen LogP contribution < -0.4 is 14.2 Å². The molecule has 1 saturated heterocycles. The fourth-order valence-electron chi connectivity index (χ4n) is 3.93. The van der Waals surface area contributed by atoms with Gasteiger partial charge in [0.05, 0.1) is 43.5 Å². The number of nitrogens with zero attached hydrogens (tertiary/aromatic N) is 2. The number of ketones is 1. The average molecular weight is 509 g/mol. The number of Topliss-reactive ketones (excluding diaryl/α,β-unsaturated/α-hetero) is 1. The Labute approximate surface area is 208 Å². The fraction of sp³-hybridized carbons (Fsp3) is 0.333. The molecule has 1 atom stereocenters. The number of carbonyl (C=O) groups is 2. The zero-order chi connectivity index (χ0) is 25.2. The Morgan fingerprint density at radius 3 is 2.29 bits per heavy atom. The van der Waals surface area contributed by atoms with Gasteiger partial charge in [-0.2, -0.15) is 0 Å². The Kier molecular flexibility index (Phi) is 7.97. The minimum Gasteiger partial charge on any atom is -0.507 e. The maximum atomic E-state index is 13.3. The lowest BCUT2D eigenvalue weighted by Crippen LogP contribution is -2.35. The quantitative estimate of drug-likeness (QED) is 0.327. The van der Waals surface area contributed by atoms with E-state index in [0.717, 1.165) is 0 Å². The van der Waals surface area contributed by atoms with E-state index in [1.54, 1.807) is 24.3 Å². The Morgan fingerprint density at radius 1 is 1.06 bits per heavy atom. The van der Waals surface area contributed by atoms with Gasteiger partial charge in [-0.05, 0) is 26.2 Å². The topological polar surface area (TPSA) is 88.5 Å². The number of aliphatic hydroxyl groups is 1. The van der Waals surface area contributed by atoms with Crippen LogP contribution in [0.25, 0.3) is 5.76 Å². The van der Waals surface area contributed by atoms with Gasteiger partial charge in [0.15, 0.2) is 11.5 Å². The second-order valence-corrected chi connectivity index (χ2v) is 8.61. The van der Waals surface area contributed by atoms with Crippen molar-refractivity contribution in [2.45, 2.75) is 6.04 Å². The lowest BCUT2D eigenvalue weighted by Gasteiger charge is -2.27. The number of rotatable bonds is 8. The van der Waals surface area contributed by atoms with Crippen molar-refractivity contribution < 1.29 is 28.9 Å². The number of hydrogen-bond acceptors (Lipinski definition) is 7. The summed E-state index contributed by atoms with van der Waals surface area (Å²) in [7, 11) is 7.97. The standard InChI is InChI=1S/C24H26Cl2N2O6/c1-27(2)10-11-28-19(13-8-6-7-9-16(13)32-3)17(21(30)24(28)31)20(29)14-12-15(25)23(34-5)18(26)22(14)33-4/h6-9,12,19,29H,10-11H2,1-5H3/b20-17+. The van der Waals surface area contributed by atoms with Crippen molar-refractivity contribution in [3.63, 3.8) is 0 Å². The Balaban J connectivity index is 2.31. The smallest absolute Gasteiger partial charge is 0.295 e. The van der Waals surface area contributed by atoms with Crippen LogP contribution in [0.4, 0.5) is 0 Å². The van der Waals surface area contributed by atoms with Gasteiger partial charge in [0.1, 0.15) is 16.5 Å². The highest BCUT2D eigenvalue weighted by atomic mass is 35.5. The third kappa shape index (κ3) is 4.53. The number of methoxy groups -OCH3 is 3. The summed E-state index contributed by atoms with van der Waals surface area (Å²) in [6, 6.07) is 7.50. The van der Waals surface area contributed by atoms with Crippen molar-refractivity contribution in [1.82, 2.24) is 9.80 Å². The van der Waals surface area contributed by atoms with Crippen LogP contribution in [0.3, 0.4) is 0 Å². The van der Waals surface area contributed by atoms with Crippen LogP contribution in [-0.2, 0) is 9.59 Å². The first-order valence-corrected chi connectivity index (χ1v) is 11.1. The predicted octanol–water partition coefficient (Wildman–Crippen LogP) is 4.00. The molecule has 1 N–H and O–H groups in total. The Hall–Kier alpha value is -2.94. The molecule has 34 heavy (non-hydrogen) atoms. The molecule has 1 aliphatic heterocycles. The minimum absolute atomic E-state index is 0.0229. The molecule has 1 amide bonds. The van der Waals surface area contributed by atoms with E-state index in [1.807, 2.05) is 19.0 Å². The number of amides is 1. The molecule has 1 aliphatic rings. The lowest BCUT2D eigenvalue weighted by atomic mass is 9.94. The number of benzene rings is 2. The first-order chi connectivity index (χ1) is 16.2. The molecule has 1 heterocycles. The molecule has 3 rings (SSSR count). The number of ether oxygens (including phenoxy) is 3. The van der Waals surface area contributed by atoms with Gasteiger partial charge in [-0.15, -0.1) is 0 Å². The summed E-state index contributed by atoms with van der Waals surface area (Å²) in [5.74, 6) is -1.36. The van der Waals surface area contributed by atoms with E-state index in [-0.39, 0.29) is 39.2 Å². The first kappa shape index (κ1) is 25.7. The Morgan fingerprint density at radius 2 is 1.71 bits per heavy atom. The zero-order valence-corrected chi connectivity index (χ0v) is 21.0. The molecule has 0 aliphatic carbocycles. The van der Waals surface area contributed by atoms with Gasteiger partial charge in [-0.25, -0.2) is 0 Å². The summed E-state index contributed by atoms with van der Waals surface area (Å²) in [4.78, 5) is 29.7. The fourth-order valence-corrected chi connectivity index (χ4v) is 4.61. The summed E-state index contributed by atoms with van der Waals surface area (Å²) >= 11 is 12.7. The van der Waals surface area contributed by atoms with Gasteiger partial charge < -0.3 is 29.1 Å². The summed E-state index contributed by atoms with van der Waals surface area (Å²) < 4.78 is 16.1. The average Bonchev–Trinajstić information content (AvgIpc) is 3.06. The Bertz CT molecular complexity index is 1150. The third-order valence-electron chi connectivity index (χ3n) is 5.56. The van der Waals surface area contributed by atoms with E-state index in [1.165, 1.54) is 32.3 Å². The van der Waals surface area contributed by atoms with Crippen LogP contribution in [-0.4, -0.2) is 75.1 Å². The number of para-hydroxylation sites is 1. The van der Waals surface area contributed by atoms with E-state index in [4.69, 9.17) is 37.4 Å². The number of likely N-dealkylation sites (tertiary alicyclic amines) is 1. The molecule has 0 bridgehead atoms. The highest BCUT2D eigenvalue weighted by Crippen LogP contribution is 2.48. The zero-order valence-electron chi connectivity index (χ0n) is 19.5. The SMILES string of the molecule is COc1ccccc1C1/C(=C(\O)c2cc(Cl)c(OC)c(Cl)c2OC)C(=O)C(=O)N1CCN(C)C. The number of likely N-dealkylation sites (N-methyl/N-ethyl adjacent to an activating group) is 1. The van der Waals surface area contributed by atoms with E-state index < -0.39 is 23.5 Å². The van der Waals surface area contributed by atoms with Crippen LogP contribution in [0.15, 0.2) is 35.9 Å². The van der Waals surface area contributed by atoms with Crippen molar-refractivity contribution in [2.24, 2.45) is 0 Å². The monoisotopic (exact) mass is 508 g/mol. The minimum atomic E-state index is -0.902. The van der Waals surface area contributed by atoms with Crippen molar-refractivity contribution in [2.75, 3.05) is 48.5 Å². The first-order valence-electron chi connectivity index (χ1n) is 10.3. The molecule has 0 radical (unpaired) electrons. The molecule has 182 valence electrons. The number of hydrogen-bond donors (Lipinski definition) is 1. The molecule has 8 nitrogen and oxygen atoms in total. The highest BCUT2D eigenvalue weighted by molar-refractivity contribution is 6.47. The molecule has 0 aromatic heterocycles. The van der Waals surface area contributed by atoms with Crippen molar-refractivity contribution in [1.29, 1.82) is 0 Å². The third-order valence-corrected chi connectivity index (χ3v) is 6.18. The van der Waals surface area contributed by atoms with Crippen LogP contribution >= 0.6 is 23.2 Å². The number of aliphatic hydroxyl groups excluding tert-OH is 1. The molecule has 2 aromatic carbocycles. The molecule has 0 saturated carbocycles. The second kappa shape index (κ2) is 10.5. The van der Waals surface area contributed by atoms with Gasteiger partial charge in [-0.3, -0.25) is 9.59 Å². The highest BCUT2D eigenvalue weighted by Gasteiger charge is 2.47. The summed E-state index contributed by atoms with van der Waals surface area (Å²) in [5, 5.41) is 11.5. The van der Waals surface area contributed by atoms with Crippen molar-refractivity contribution in [3.05, 3.63) is 57.1 Å². The van der Waals surface area contributed by atoms with Gasteiger partial charge in [0, 0.05) is 18.7 Å². The van der Waals surface area contributed by atoms with E-state index in [9.17, 15) is 14.7 Å². The molecular weight excluding hydrogens is 483 g/mol. The summed E-state index contributed by atoms with van der Waals surface area (Å²) in [5.41, 5.74) is 0.488. The normalized spacial score (nSPS) is 17.4. The van der Waals surface area contributed by atoms with Crippen LogP contribution in [0, 0.1) is 0 Å². The van der Waals surface area contributed by atoms with Crippen LogP contribution in [0.2, 0.25) is 10.0 Å². The lowest BCUT2D eigenvalue weighted by molar-refractivity contribution is -0.140. The van der Waals surface area contributed by atoms with E-state index in [2.05, 4.69) is 0 Å².